The lowest BCUT2D eigenvalue weighted by Gasteiger charge is -2.30. The Hall–Kier alpha value is -5.00. The average Bonchev–Trinajstić information content (AvgIpc) is 3.39. The number of hydrogen-bond donors (Lipinski definition) is 2. The van der Waals surface area contributed by atoms with Gasteiger partial charge < -0.3 is 15.5 Å². The van der Waals surface area contributed by atoms with Gasteiger partial charge in [-0.05, 0) is 60.7 Å². The van der Waals surface area contributed by atoms with E-state index in [0.717, 1.165) is 10.9 Å². The first kappa shape index (κ1) is 30.5. The maximum absolute atomic E-state index is 13.6. The number of tetrazole rings is 1. The van der Waals surface area contributed by atoms with Crippen LogP contribution in [0.3, 0.4) is 0 Å². The largest absolute Gasteiger partial charge is 0.344 e. The zero-order valence-electron chi connectivity index (χ0n) is 24.8. The van der Waals surface area contributed by atoms with Gasteiger partial charge in [-0.25, -0.2) is 9.67 Å². The van der Waals surface area contributed by atoms with Gasteiger partial charge in [0.05, 0.1) is 11.6 Å². The minimum atomic E-state index is -0.845. The molecule has 3 heterocycles. The number of pyridine rings is 1. The maximum Gasteiger partial charge on any atom is 0.270 e. The fourth-order valence-corrected chi connectivity index (χ4v) is 5.36. The third kappa shape index (κ3) is 7.13. The number of fused-ring (bicyclic) bond motifs is 1. The van der Waals surface area contributed by atoms with Crippen LogP contribution in [0.1, 0.15) is 61.4 Å². The van der Waals surface area contributed by atoms with Crippen molar-refractivity contribution in [2.24, 2.45) is 0 Å². The zero-order chi connectivity index (χ0) is 31.1. The van der Waals surface area contributed by atoms with E-state index in [1.54, 1.807) is 13.0 Å². The average molecular weight is 597 g/mol. The number of Topliss-reactive ketones (excluding diaryl/α,β-unsaturated/α-hetero) is 1. The molecule has 228 valence electrons. The van der Waals surface area contributed by atoms with Crippen molar-refractivity contribution in [2.75, 3.05) is 6.54 Å². The number of carbonyl (C=O) groups is 4. The lowest BCUT2D eigenvalue weighted by Crippen LogP contribution is -2.56. The van der Waals surface area contributed by atoms with Crippen molar-refractivity contribution in [3.05, 3.63) is 83.8 Å². The lowest BCUT2D eigenvalue weighted by atomic mass is 10.1. The molecule has 1 fully saturated rings. The summed E-state index contributed by atoms with van der Waals surface area (Å²) < 4.78 is 1.45. The van der Waals surface area contributed by atoms with Crippen molar-refractivity contribution in [3.8, 4) is 0 Å². The third-order valence-electron chi connectivity index (χ3n) is 7.94. The number of nitrogens with one attached hydrogen (secondary N) is 2. The van der Waals surface area contributed by atoms with Crippen molar-refractivity contribution in [1.82, 2.24) is 40.7 Å². The number of likely N-dealkylation sites (tertiary alicyclic amines) is 1. The number of nitrogens with zero attached hydrogens (tertiary/aromatic N) is 6. The molecule has 12 heteroatoms. The minimum absolute atomic E-state index is 0.0953. The highest BCUT2D eigenvalue weighted by atomic mass is 16.2. The summed E-state index contributed by atoms with van der Waals surface area (Å²) in [6.07, 6.45) is 2.67. The van der Waals surface area contributed by atoms with E-state index in [4.69, 9.17) is 0 Å². The number of aromatic nitrogens is 5. The first-order chi connectivity index (χ1) is 21.3. The Morgan fingerprint density at radius 3 is 2.57 bits per heavy atom. The molecule has 12 nitrogen and oxygen atoms in total. The summed E-state index contributed by atoms with van der Waals surface area (Å²) in [5.41, 5.74) is 1.92. The molecule has 1 aliphatic heterocycles. The molecule has 0 aliphatic carbocycles. The number of amides is 3. The molecule has 2 N–H and O–H groups in total. The van der Waals surface area contributed by atoms with Gasteiger partial charge in [0, 0.05) is 18.4 Å². The molecule has 0 radical (unpaired) electrons. The van der Waals surface area contributed by atoms with Gasteiger partial charge in [0.25, 0.3) is 5.91 Å². The fraction of sp³-hybridized carbons (Fsp3) is 0.375. The summed E-state index contributed by atoms with van der Waals surface area (Å²) >= 11 is 0. The molecule has 1 aliphatic rings. The van der Waals surface area contributed by atoms with Crippen molar-refractivity contribution in [2.45, 2.75) is 70.6 Å². The number of rotatable bonds is 11. The Kier molecular flexibility index (Phi) is 9.68. The Morgan fingerprint density at radius 1 is 1.00 bits per heavy atom. The molecule has 0 bridgehead atoms. The van der Waals surface area contributed by atoms with E-state index in [0.29, 0.717) is 50.0 Å². The van der Waals surface area contributed by atoms with Crippen LogP contribution in [0, 0.1) is 0 Å². The topological polar surface area (TPSA) is 152 Å². The number of benzene rings is 2. The molecule has 2 aromatic heterocycles. The summed E-state index contributed by atoms with van der Waals surface area (Å²) in [5, 5.41) is 18.3. The molecule has 0 spiro atoms. The zero-order valence-corrected chi connectivity index (χ0v) is 24.8. The van der Waals surface area contributed by atoms with Crippen LogP contribution >= 0.6 is 0 Å². The molecule has 0 saturated carbocycles. The first-order valence-corrected chi connectivity index (χ1v) is 14.9. The van der Waals surface area contributed by atoms with Gasteiger partial charge in [0.2, 0.25) is 11.8 Å². The van der Waals surface area contributed by atoms with Gasteiger partial charge in [-0.1, -0.05) is 61.5 Å². The molecule has 1 saturated heterocycles. The standard InChI is InChI=1S/C32H36N8O4/c1-3-24(28(41)20-40-29(36-37-38-40)19-22-11-5-4-6-12-22)34-30(42)21(2)39-18-10-9-15-27(32(39)44)35-31(43)26-17-16-23-13-7-8-14-25(23)33-26/h4-8,11-14,16-17,21,24,27H,3,9-10,15,18-20H2,1-2H3,(H,34,42)(H,35,43). The fourth-order valence-electron chi connectivity index (χ4n) is 5.36. The second kappa shape index (κ2) is 14.0. The Bertz CT molecular complexity index is 1640. The van der Waals surface area contributed by atoms with E-state index < -0.39 is 29.9 Å². The van der Waals surface area contributed by atoms with Gasteiger partial charge in [0.1, 0.15) is 24.3 Å². The number of ketones is 1. The van der Waals surface area contributed by atoms with Crippen LogP contribution in [0.25, 0.3) is 10.9 Å². The highest BCUT2D eigenvalue weighted by Gasteiger charge is 2.35. The van der Waals surface area contributed by atoms with Gasteiger partial charge >= 0.3 is 0 Å². The van der Waals surface area contributed by atoms with Crippen LogP contribution in [0.15, 0.2) is 66.7 Å². The second-order valence-electron chi connectivity index (χ2n) is 11.0. The maximum atomic E-state index is 13.6. The van der Waals surface area contributed by atoms with Crippen LogP contribution in [-0.4, -0.2) is 78.3 Å². The summed E-state index contributed by atoms with van der Waals surface area (Å²) in [5.74, 6) is -0.925. The van der Waals surface area contributed by atoms with E-state index in [9.17, 15) is 19.2 Å². The van der Waals surface area contributed by atoms with Crippen molar-refractivity contribution >= 4 is 34.4 Å². The molecule has 44 heavy (non-hydrogen) atoms. The monoisotopic (exact) mass is 596 g/mol. The number of carbonyl (C=O) groups excluding carboxylic acids is 4. The first-order valence-electron chi connectivity index (χ1n) is 14.9. The molecule has 3 unspecified atom stereocenters. The van der Waals surface area contributed by atoms with Gasteiger partial charge in [-0.2, -0.15) is 0 Å². The van der Waals surface area contributed by atoms with Crippen LogP contribution in [-0.2, 0) is 27.3 Å². The Labute approximate surface area is 255 Å². The number of hydrogen-bond acceptors (Lipinski definition) is 8. The predicted molar refractivity (Wildman–Crippen MR) is 162 cm³/mol. The molecule has 3 atom stereocenters. The van der Waals surface area contributed by atoms with E-state index >= 15 is 0 Å². The van der Waals surface area contributed by atoms with E-state index in [1.165, 1.54) is 9.58 Å². The SMILES string of the molecule is CCC(NC(=O)C(C)N1CCCCC(NC(=O)c2ccc3ccccc3n2)C1=O)C(=O)Cn1nnnc1Cc1ccccc1. The molecular formula is C32H36N8O4. The molecule has 2 aromatic carbocycles. The molecular weight excluding hydrogens is 560 g/mol. The molecule has 3 amide bonds. The normalized spacial score (nSPS) is 16.6. The third-order valence-corrected chi connectivity index (χ3v) is 7.94. The smallest absolute Gasteiger partial charge is 0.270 e. The summed E-state index contributed by atoms with van der Waals surface area (Å²) in [4.78, 5) is 59.1. The Balaban J connectivity index is 1.20. The van der Waals surface area contributed by atoms with Crippen LogP contribution in [0.4, 0.5) is 0 Å². The predicted octanol–water partition coefficient (Wildman–Crippen LogP) is 2.48. The highest BCUT2D eigenvalue weighted by molar-refractivity contribution is 5.99. The van der Waals surface area contributed by atoms with Crippen LogP contribution in [0.5, 0.6) is 0 Å². The minimum Gasteiger partial charge on any atom is -0.344 e. The van der Waals surface area contributed by atoms with Crippen molar-refractivity contribution in [1.29, 1.82) is 0 Å². The van der Waals surface area contributed by atoms with Crippen molar-refractivity contribution in [3.63, 3.8) is 0 Å². The summed E-state index contributed by atoms with van der Waals surface area (Å²) in [6.45, 7) is 3.72. The van der Waals surface area contributed by atoms with E-state index in [1.807, 2.05) is 67.6 Å². The van der Waals surface area contributed by atoms with E-state index in [-0.39, 0.29) is 23.9 Å². The van der Waals surface area contributed by atoms with E-state index in [2.05, 4.69) is 31.1 Å². The second-order valence-corrected chi connectivity index (χ2v) is 11.0. The van der Waals surface area contributed by atoms with Gasteiger partial charge in [-0.15, -0.1) is 5.10 Å². The molecule has 4 aromatic rings. The summed E-state index contributed by atoms with van der Waals surface area (Å²) in [7, 11) is 0. The van der Waals surface area contributed by atoms with Gasteiger partial charge in [0.15, 0.2) is 11.6 Å². The highest BCUT2D eigenvalue weighted by Crippen LogP contribution is 2.17. The van der Waals surface area contributed by atoms with Gasteiger partial charge in [-0.3, -0.25) is 19.2 Å². The number of para-hydroxylation sites is 1. The Morgan fingerprint density at radius 2 is 1.77 bits per heavy atom. The van der Waals surface area contributed by atoms with Crippen molar-refractivity contribution < 1.29 is 19.2 Å². The quantitative estimate of drug-likeness (QED) is 0.268. The summed E-state index contributed by atoms with van der Waals surface area (Å²) in [6, 6.07) is 18.2. The molecule has 5 rings (SSSR count). The van der Waals surface area contributed by atoms with Crippen LogP contribution < -0.4 is 10.6 Å². The lowest BCUT2D eigenvalue weighted by molar-refractivity contribution is -0.141. The van der Waals surface area contributed by atoms with Crippen LogP contribution in [0.2, 0.25) is 0 Å².